The molecule has 0 aliphatic carbocycles. The monoisotopic (exact) mass is 460 g/mol. The molecule has 0 bridgehead atoms. The van der Waals surface area contributed by atoms with Gasteiger partial charge >= 0.3 is 23.3 Å². The average molecular weight is 460 g/mol. The van der Waals surface area contributed by atoms with Gasteiger partial charge in [-0.25, -0.2) is 15.8 Å². The predicted molar refractivity (Wildman–Crippen MR) is 95.9 cm³/mol. The maximum absolute atomic E-state index is 11.1. The first-order valence-electron chi connectivity index (χ1n) is 8.84. The first-order valence-corrected chi connectivity index (χ1v) is 8.84. The molecule has 0 aromatic heterocycles. The highest BCUT2D eigenvalue weighted by atomic mass is 17.3. The van der Waals surface area contributed by atoms with Crippen molar-refractivity contribution in [2.24, 2.45) is 0 Å². The minimum absolute atomic E-state index is 0.0202. The first kappa shape index (κ1) is 24.2. The SMILES string of the molecule is OC[C@H]1OC(O)(OO)[C@](O)(OO)[C@@](O)(OO)[C@@]1(OOc1ccccc1)Oc1ccccc1. The summed E-state index contributed by atoms with van der Waals surface area (Å²) in [7, 11) is 0. The fourth-order valence-electron chi connectivity index (χ4n) is 3.02. The van der Waals surface area contributed by atoms with Crippen LogP contribution in [-0.4, -0.2) is 72.2 Å². The summed E-state index contributed by atoms with van der Waals surface area (Å²) in [5, 5.41) is 69.9. The molecule has 32 heavy (non-hydrogen) atoms. The molecule has 1 unspecified atom stereocenters. The van der Waals surface area contributed by atoms with E-state index in [0.29, 0.717) is 0 Å². The molecule has 5 atom stereocenters. The lowest BCUT2D eigenvalue weighted by Gasteiger charge is -2.56. The van der Waals surface area contributed by atoms with Gasteiger partial charge in [-0.2, -0.15) is 14.7 Å². The average Bonchev–Trinajstić information content (AvgIpc) is 2.84. The molecule has 0 radical (unpaired) electrons. The van der Waals surface area contributed by atoms with E-state index >= 15 is 0 Å². The van der Waals surface area contributed by atoms with Crippen LogP contribution in [0.3, 0.4) is 0 Å². The van der Waals surface area contributed by atoms with Crippen molar-refractivity contribution in [2.45, 2.75) is 29.4 Å². The third-order valence-electron chi connectivity index (χ3n) is 4.66. The number of aliphatic hydroxyl groups excluding tert-OH is 1. The molecule has 1 saturated heterocycles. The lowest BCUT2D eigenvalue weighted by atomic mass is 9.86. The van der Waals surface area contributed by atoms with E-state index in [1.807, 2.05) is 0 Å². The maximum Gasteiger partial charge on any atom is 0.374 e. The van der Waals surface area contributed by atoms with Gasteiger partial charge in [0.05, 0.1) is 6.61 Å². The molecule has 0 spiro atoms. The van der Waals surface area contributed by atoms with Crippen LogP contribution in [0, 0.1) is 0 Å². The lowest BCUT2D eigenvalue weighted by molar-refractivity contribution is -0.696. The summed E-state index contributed by atoms with van der Waals surface area (Å²) in [4.78, 5) is 21.5. The van der Waals surface area contributed by atoms with Gasteiger partial charge in [0.25, 0.3) is 0 Å². The van der Waals surface area contributed by atoms with Crippen molar-refractivity contribution in [3.8, 4) is 11.5 Å². The number of hydrogen-bond acceptors (Lipinski definition) is 14. The molecule has 14 nitrogen and oxygen atoms in total. The Morgan fingerprint density at radius 1 is 0.750 bits per heavy atom. The molecule has 7 N–H and O–H groups in total. The van der Waals surface area contributed by atoms with E-state index in [1.165, 1.54) is 48.5 Å². The number of aliphatic hydroxyl groups is 4. The molecule has 0 amide bonds. The third kappa shape index (κ3) is 3.59. The molecule has 0 saturated carbocycles. The van der Waals surface area contributed by atoms with Gasteiger partial charge in [-0.3, -0.25) is 0 Å². The zero-order valence-corrected chi connectivity index (χ0v) is 16.0. The molecule has 2 aromatic carbocycles. The van der Waals surface area contributed by atoms with Crippen LogP contribution in [0.2, 0.25) is 0 Å². The van der Waals surface area contributed by atoms with Gasteiger partial charge in [0, 0.05) is 0 Å². The van der Waals surface area contributed by atoms with Crippen molar-refractivity contribution in [1.29, 1.82) is 0 Å². The van der Waals surface area contributed by atoms with Crippen LogP contribution in [0.4, 0.5) is 0 Å². The Morgan fingerprint density at radius 3 is 1.75 bits per heavy atom. The zero-order valence-electron chi connectivity index (χ0n) is 16.0. The van der Waals surface area contributed by atoms with Crippen molar-refractivity contribution in [3.05, 3.63) is 60.7 Å². The van der Waals surface area contributed by atoms with E-state index < -0.39 is 36.0 Å². The highest BCUT2D eigenvalue weighted by molar-refractivity contribution is 5.24. The topological polar surface area (TPSA) is 206 Å². The molecule has 14 heteroatoms. The van der Waals surface area contributed by atoms with Crippen LogP contribution in [0.5, 0.6) is 11.5 Å². The van der Waals surface area contributed by atoms with E-state index in [1.54, 1.807) is 12.1 Å². The van der Waals surface area contributed by atoms with E-state index in [-0.39, 0.29) is 11.5 Å². The second kappa shape index (κ2) is 9.20. The van der Waals surface area contributed by atoms with Crippen LogP contribution < -0.4 is 9.62 Å². The molecule has 1 fully saturated rings. The summed E-state index contributed by atoms with van der Waals surface area (Å²) in [6.07, 6.45) is -2.18. The Kier molecular flexibility index (Phi) is 6.96. The molecule has 2 aromatic rings. The largest absolute Gasteiger partial charge is 0.451 e. The fourth-order valence-corrected chi connectivity index (χ4v) is 3.02. The van der Waals surface area contributed by atoms with E-state index in [4.69, 9.17) is 24.5 Å². The summed E-state index contributed by atoms with van der Waals surface area (Å²) < 4.78 is 10.4. The van der Waals surface area contributed by atoms with Crippen LogP contribution >= 0.6 is 0 Å². The summed E-state index contributed by atoms with van der Waals surface area (Å²) in [6, 6.07) is 14.6. The first-order chi connectivity index (χ1) is 15.3. The number of hydrogen-bond donors (Lipinski definition) is 7. The molecule has 1 aliphatic heterocycles. The van der Waals surface area contributed by atoms with E-state index in [9.17, 15) is 30.9 Å². The Hall–Kier alpha value is -2.44. The Balaban J connectivity index is 2.20. The van der Waals surface area contributed by atoms with Crippen molar-refractivity contribution >= 4 is 0 Å². The van der Waals surface area contributed by atoms with Crippen molar-refractivity contribution in [3.63, 3.8) is 0 Å². The van der Waals surface area contributed by atoms with Crippen LogP contribution in [0.25, 0.3) is 0 Å². The van der Waals surface area contributed by atoms with E-state index in [0.717, 1.165) is 0 Å². The Morgan fingerprint density at radius 2 is 1.28 bits per heavy atom. The summed E-state index contributed by atoms with van der Waals surface area (Å²) in [5.41, 5.74) is 0. The second-order valence-electron chi connectivity index (χ2n) is 6.50. The van der Waals surface area contributed by atoms with Gasteiger partial charge in [0.1, 0.15) is 5.75 Å². The molecule has 176 valence electrons. The van der Waals surface area contributed by atoms with Crippen LogP contribution in [0.15, 0.2) is 60.7 Å². The lowest BCUT2D eigenvalue weighted by Crippen LogP contribution is -2.88. The molecular formula is C18H20O14. The van der Waals surface area contributed by atoms with Crippen LogP contribution in [-0.2, 0) is 24.3 Å². The minimum atomic E-state index is -4.12. The van der Waals surface area contributed by atoms with Gasteiger partial charge in [0.15, 0.2) is 11.9 Å². The van der Waals surface area contributed by atoms with Crippen molar-refractivity contribution < 1.29 is 70.1 Å². The van der Waals surface area contributed by atoms with E-state index in [2.05, 4.69) is 14.7 Å². The van der Waals surface area contributed by atoms with Crippen molar-refractivity contribution in [1.82, 2.24) is 0 Å². The fraction of sp³-hybridized carbons (Fsp3) is 0.333. The minimum Gasteiger partial charge on any atom is -0.451 e. The predicted octanol–water partition coefficient (Wildman–Crippen LogP) is -0.344. The number of rotatable bonds is 9. The maximum atomic E-state index is 11.1. The van der Waals surface area contributed by atoms with Gasteiger partial charge in [-0.1, -0.05) is 36.4 Å². The Bertz CT molecular complexity index is 870. The van der Waals surface area contributed by atoms with Crippen LogP contribution in [0.1, 0.15) is 0 Å². The van der Waals surface area contributed by atoms with Crippen molar-refractivity contribution in [2.75, 3.05) is 6.61 Å². The van der Waals surface area contributed by atoms with Gasteiger partial charge in [0.2, 0.25) is 0 Å². The van der Waals surface area contributed by atoms with Gasteiger partial charge < -0.3 is 34.8 Å². The smallest absolute Gasteiger partial charge is 0.374 e. The number of ether oxygens (including phenoxy) is 2. The highest BCUT2D eigenvalue weighted by Crippen LogP contribution is 2.52. The molecule has 1 aliphatic rings. The second-order valence-corrected chi connectivity index (χ2v) is 6.50. The van der Waals surface area contributed by atoms with Gasteiger partial charge in [-0.15, -0.1) is 4.89 Å². The number of para-hydroxylation sites is 2. The van der Waals surface area contributed by atoms with Gasteiger partial charge in [-0.05, 0) is 24.3 Å². The summed E-state index contributed by atoms with van der Waals surface area (Å²) in [5.74, 6) is -15.3. The molecule has 1 heterocycles. The molecular weight excluding hydrogens is 440 g/mol. The highest BCUT2D eigenvalue weighted by Gasteiger charge is 2.87. The number of benzene rings is 2. The quantitative estimate of drug-likeness (QED) is 0.145. The zero-order chi connectivity index (χ0) is 23.5. The summed E-state index contributed by atoms with van der Waals surface area (Å²) in [6.45, 7) is -1.22. The third-order valence-corrected chi connectivity index (χ3v) is 4.66. The standard InChI is InChI=1S/C18H20O14/c19-11-14-15(26-12-7-3-1-4-8-12,32-28-13-9-5-2-6-10-13)16(20,29-23)17(21,30-24)18(22,27-14)31-25/h1-10,14,19-25H,11H2/t14-,15-,16+,17-,18?/m1/s1. The summed E-state index contributed by atoms with van der Waals surface area (Å²) >= 11 is 0. The normalized spacial score (nSPS) is 34.8. The Labute approximate surface area is 179 Å². The molecule has 3 rings (SSSR count).